The molecule has 0 spiro atoms. The minimum atomic E-state index is -3.54. The van der Waals surface area contributed by atoms with Crippen molar-refractivity contribution in [1.29, 1.82) is 0 Å². The molecular weight excluding hydrogens is 422 g/mol. The quantitative estimate of drug-likeness (QED) is 0.674. The van der Waals surface area contributed by atoms with E-state index < -0.39 is 10.0 Å². The predicted octanol–water partition coefficient (Wildman–Crippen LogP) is 3.25. The summed E-state index contributed by atoms with van der Waals surface area (Å²) in [5.74, 6) is -0.0829. The fraction of sp³-hybridized carbons (Fsp3) is 0.400. The van der Waals surface area contributed by atoms with E-state index in [0.717, 1.165) is 38.0 Å². The molecule has 0 bridgehead atoms. The van der Waals surface area contributed by atoms with Gasteiger partial charge < -0.3 is 4.90 Å². The summed E-state index contributed by atoms with van der Waals surface area (Å²) in [6.45, 7) is 6.70. The third kappa shape index (κ3) is 5.11. The number of rotatable bonds is 6. The standard InChI is InChI=1S/C25H31N3O3S/c1-21-11-12-23(32(30,31)28-14-5-6-15-28)20-24(21)25(29)27-18-16-26(17-19-27)13-7-10-22-8-3-2-4-9-22/h2-4,7-12,20H,5-6,13-19H2,1H3. The van der Waals surface area contributed by atoms with Gasteiger partial charge in [-0.15, -0.1) is 0 Å². The van der Waals surface area contributed by atoms with Crippen molar-refractivity contribution in [2.45, 2.75) is 24.7 Å². The Labute approximate surface area is 191 Å². The zero-order chi connectivity index (χ0) is 22.6. The molecular formula is C25H31N3O3S. The second-order valence-electron chi connectivity index (χ2n) is 8.49. The monoisotopic (exact) mass is 453 g/mol. The SMILES string of the molecule is Cc1ccc(S(=O)(=O)N2CCCC2)cc1C(=O)N1CCN(CC=Cc2ccccc2)CC1. The highest BCUT2D eigenvalue weighted by atomic mass is 32.2. The highest BCUT2D eigenvalue weighted by molar-refractivity contribution is 7.89. The summed E-state index contributed by atoms with van der Waals surface area (Å²) in [6.07, 6.45) is 6.06. The molecule has 4 rings (SSSR count). The molecule has 1 amide bonds. The fourth-order valence-corrected chi connectivity index (χ4v) is 5.82. The van der Waals surface area contributed by atoms with Gasteiger partial charge in [0.15, 0.2) is 0 Å². The van der Waals surface area contributed by atoms with Crippen molar-refractivity contribution >= 4 is 22.0 Å². The largest absolute Gasteiger partial charge is 0.336 e. The van der Waals surface area contributed by atoms with Gasteiger partial charge in [-0.3, -0.25) is 9.69 Å². The Morgan fingerprint density at radius 2 is 1.62 bits per heavy atom. The second kappa shape index (κ2) is 9.98. The highest BCUT2D eigenvalue weighted by Crippen LogP contribution is 2.24. The molecule has 6 nitrogen and oxygen atoms in total. The molecule has 0 unspecified atom stereocenters. The summed E-state index contributed by atoms with van der Waals surface area (Å²) in [5.41, 5.74) is 2.48. The number of amides is 1. The van der Waals surface area contributed by atoms with Crippen LogP contribution in [0.3, 0.4) is 0 Å². The summed E-state index contributed by atoms with van der Waals surface area (Å²) in [7, 11) is -3.54. The van der Waals surface area contributed by atoms with Gasteiger partial charge in [-0.2, -0.15) is 4.31 Å². The van der Waals surface area contributed by atoms with Gasteiger partial charge in [-0.05, 0) is 43.0 Å². The Hall–Kier alpha value is -2.48. The van der Waals surface area contributed by atoms with Crippen LogP contribution < -0.4 is 0 Å². The third-order valence-electron chi connectivity index (χ3n) is 6.28. The first kappa shape index (κ1) is 22.7. The zero-order valence-corrected chi connectivity index (χ0v) is 19.4. The van der Waals surface area contributed by atoms with E-state index in [4.69, 9.17) is 0 Å². The smallest absolute Gasteiger partial charge is 0.254 e. The molecule has 0 atom stereocenters. The molecule has 0 radical (unpaired) electrons. The van der Waals surface area contributed by atoms with Crippen molar-refractivity contribution in [3.8, 4) is 0 Å². The fourth-order valence-electron chi connectivity index (χ4n) is 4.28. The number of hydrogen-bond acceptors (Lipinski definition) is 4. The van der Waals surface area contributed by atoms with Gasteiger partial charge in [0.05, 0.1) is 4.90 Å². The highest BCUT2D eigenvalue weighted by Gasteiger charge is 2.29. The normalized spacial score (nSPS) is 18.5. The van der Waals surface area contributed by atoms with E-state index >= 15 is 0 Å². The number of benzene rings is 2. The lowest BCUT2D eigenvalue weighted by Gasteiger charge is -2.34. The molecule has 2 aromatic rings. The second-order valence-corrected chi connectivity index (χ2v) is 10.4. The molecule has 2 aliphatic heterocycles. The van der Waals surface area contributed by atoms with Crippen molar-refractivity contribution in [2.24, 2.45) is 0 Å². The summed E-state index contributed by atoms with van der Waals surface area (Å²) in [5, 5.41) is 0. The topological polar surface area (TPSA) is 60.9 Å². The molecule has 0 aliphatic carbocycles. The van der Waals surface area contributed by atoms with Gasteiger partial charge in [0.25, 0.3) is 5.91 Å². The van der Waals surface area contributed by atoms with Crippen molar-refractivity contribution < 1.29 is 13.2 Å². The van der Waals surface area contributed by atoms with E-state index in [9.17, 15) is 13.2 Å². The molecule has 170 valence electrons. The Balaban J connectivity index is 1.38. The molecule has 0 N–H and O–H groups in total. The summed E-state index contributed by atoms with van der Waals surface area (Å²) >= 11 is 0. The van der Waals surface area contributed by atoms with Gasteiger partial charge in [-0.1, -0.05) is 48.6 Å². The van der Waals surface area contributed by atoms with Crippen LogP contribution in [0.1, 0.15) is 34.3 Å². The van der Waals surface area contributed by atoms with Gasteiger partial charge in [0.2, 0.25) is 10.0 Å². The summed E-state index contributed by atoms with van der Waals surface area (Å²) in [6, 6.07) is 15.2. The first-order valence-electron chi connectivity index (χ1n) is 11.3. The number of hydrogen-bond donors (Lipinski definition) is 0. The van der Waals surface area contributed by atoms with Crippen molar-refractivity contribution in [3.05, 3.63) is 71.3 Å². The van der Waals surface area contributed by atoms with Gasteiger partial charge in [-0.25, -0.2) is 8.42 Å². The number of sulfonamides is 1. The van der Waals surface area contributed by atoms with Crippen LogP contribution in [0, 0.1) is 6.92 Å². The lowest BCUT2D eigenvalue weighted by Crippen LogP contribution is -2.48. The van der Waals surface area contributed by atoms with Crippen molar-refractivity contribution in [2.75, 3.05) is 45.8 Å². The maximum atomic E-state index is 13.2. The maximum absolute atomic E-state index is 13.2. The van der Waals surface area contributed by atoms with Crippen LogP contribution in [-0.2, 0) is 10.0 Å². The summed E-state index contributed by atoms with van der Waals surface area (Å²) in [4.78, 5) is 17.6. The number of nitrogens with zero attached hydrogens (tertiary/aromatic N) is 3. The van der Waals surface area contributed by atoms with Crippen LogP contribution >= 0.6 is 0 Å². The first-order valence-corrected chi connectivity index (χ1v) is 12.7. The Kier molecular flexibility index (Phi) is 7.08. The van der Waals surface area contributed by atoms with Crippen molar-refractivity contribution in [1.82, 2.24) is 14.1 Å². The van der Waals surface area contributed by atoms with Crippen LogP contribution in [-0.4, -0.2) is 74.2 Å². The number of piperazine rings is 1. The molecule has 2 saturated heterocycles. The van der Waals surface area contributed by atoms with E-state index in [1.165, 1.54) is 9.87 Å². The molecule has 7 heteroatoms. The van der Waals surface area contributed by atoms with Crippen LogP contribution in [0.25, 0.3) is 6.08 Å². The van der Waals surface area contributed by atoms with Crippen LogP contribution in [0.2, 0.25) is 0 Å². The maximum Gasteiger partial charge on any atom is 0.254 e. The molecule has 32 heavy (non-hydrogen) atoms. The van der Waals surface area contributed by atoms with Crippen LogP contribution in [0.4, 0.5) is 0 Å². The van der Waals surface area contributed by atoms with E-state index in [1.807, 2.05) is 30.0 Å². The minimum absolute atomic E-state index is 0.0829. The van der Waals surface area contributed by atoms with Gasteiger partial charge in [0.1, 0.15) is 0 Å². The zero-order valence-electron chi connectivity index (χ0n) is 18.6. The number of carbonyl (C=O) groups is 1. The van der Waals surface area contributed by atoms with Crippen molar-refractivity contribution in [3.63, 3.8) is 0 Å². The minimum Gasteiger partial charge on any atom is -0.336 e. The van der Waals surface area contributed by atoms with E-state index in [1.54, 1.807) is 18.2 Å². The van der Waals surface area contributed by atoms with Gasteiger partial charge in [0, 0.05) is 51.4 Å². The Bertz CT molecular complexity index is 1070. The molecule has 2 fully saturated rings. The van der Waals surface area contributed by atoms with E-state index in [0.29, 0.717) is 31.7 Å². The lowest BCUT2D eigenvalue weighted by atomic mass is 10.1. The predicted molar refractivity (Wildman–Crippen MR) is 127 cm³/mol. The van der Waals surface area contributed by atoms with Crippen LogP contribution in [0.5, 0.6) is 0 Å². The van der Waals surface area contributed by atoms with E-state index in [-0.39, 0.29) is 10.8 Å². The number of aryl methyl sites for hydroxylation is 1. The summed E-state index contributed by atoms with van der Waals surface area (Å²) < 4.78 is 27.4. The van der Waals surface area contributed by atoms with Crippen LogP contribution in [0.15, 0.2) is 59.5 Å². The molecule has 0 saturated carbocycles. The van der Waals surface area contributed by atoms with E-state index in [2.05, 4.69) is 29.2 Å². The average molecular weight is 454 g/mol. The third-order valence-corrected chi connectivity index (χ3v) is 8.17. The average Bonchev–Trinajstić information content (AvgIpc) is 3.36. The first-order chi connectivity index (χ1) is 15.4. The Morgan fingerprint density at radius 1 is 0.938 bits per heavy atom. The number of carbonyl (C=O) groups excluding carboxylic acids is 1. The lowest BCUT2D eigenvalue weighted by molar-refractivity contribution is 0.0649. The molecule has 2 aromatic carbocycles. The molecule has 2 heterocycles. The molecule has 2 aliphatic rings. The molecule has 0 aromatic heterocycles. The Morgan fingerprint density at radius 3 is 2.31 bits per heavy atom. The van der Waals surface area contributed by atoms with Gasteiger partial charge >= 0.3 is 0 Å².